The zero-order chi connectivity index (χ0) is 28.3. The number of likely N-dealkylation sites (tertiary alicyclic amines) is 1. The second-order valence-electron chi connectivity index (χ2n) is 9.71. The number of nitrogens with two attached hydrogens (primary N) is 1. The third-order valence-electron chi connectivity index (χ3n) is 7.18. The fourth-order valence-electron chi connectivity index (χ4n) is 5.26. The van der Waals surface area contributed by atoms with E-state index in [0.717, 1.165) is 29.5 Å². The quantitative estimate of drug-likeness (QED) is 0.303. The van der Waals surface area contributed by atoms with Gasteiger partial charge in [0, 0.05) is 36.3 Å². The Morgan fingerprint density at radius 3 is 2.56 bits per heavy atom. The third kappa shape index (κ3) is 4.99. The average Bonchev–Trinajstić information content (AvgIpc) is 3.64. The van der Waals surface area contributed by atoms with Gasteiger partial charge in [-0.15, -0.1) is 0 Å². The standard InChI is InChI=1S/C32H27N7O2/c1-2-7-27(40)38-18-6-10-25(38)31-37-28(29-30(33)35-17-19-39(29)31)22-11-13-23(14-12-22)32(41)36-26-20-24(15-16-34-26)21-8-4-3-5-9-21/h3-5,8-9,11-17,19-20,25H,6,10,18H2,1H3,(H2,33,35)(H,34,36,41). The van der Waals surface area contributed by atoms with Crippen LogP contribution in [0.1, 0.15) is 42.0 Å². The number of imidazole rings is 1. The minimum atomic E-state index is -0.275. The van der Waals surface area contributed by atoms with Gasteiger partial charge in [0.05, 0.1) is 6.04 Å². The Bertz CT molecular complexity index is 1820. The smallest absolute Gasteiger partial charge is 0.299 e. The number of aromatic nitrogens is 4. The van der Waals surface area contributed by atoms with Crippen LogP contribution in [0.2, 0.25) is 0 Å². The molecule has 41 heavy (non-hydrogen) atoms. The maximum absolute atomic E-state index is 13.1. The molecule has 9 nitrogen and oxygen atoms in total. The number of amides is 2. The van der Waals surface area contributed by atoms with Gasteiger partial charge in [0.25, 0.3) is 11.8 Å². The Balaban J connectivity index is 1.28. The van der Waals surface area contributed by atoms with Crippen molar-refractivity contribution in [2.24, 2.45) is 0 Å². The number of nitrogens with zero attached hydrogens (tertiary/aromatic N) is 5. The molecule has 1 unspecified atom stereocenters. The van der Waals surface area contributed by atoms with Crippen molar-refractivity contribution in [2.45, 2.75) is 25.8 Å². The predicted octanol–water partition coefficient (Wildman–Crippen LogP) is 4.98. The number of rotatable bonds is 5. The summed E-state index contributed by atoms with van der Waals surface area (Å²) < 4.78 is 1.90. The van der Waals surface area contributed by atoms with E-state index in [9.17, 15) is 9.59 Å². The van der Waals surface area contributed by atoms with Crippen LogP contribution in [0.15, 0.2) is 85.3 Å². The number of anilines is 2. The fraction of sp³-hybridized carbons (Fsp3) is 0.156. The van der Waals surface area contributed by atoms with Crippen molar-refractivity contribution in [1.82, 2.24) is 24.3 Å². The first-order chi connectivity index (χ1) is 20.0. The van der Waals surface area contributed by atoms with Crippen LogP contribution >= 0.6 is 0 Å². The Morgan fingerprint density at radius 2 is 1.78 bits per heavy atom. The molecular weight excluding hydrogens is 514 g/mol. The average molecular weight is 542 g/mol. The molecule has 6 rings (SSSR count). The van der Waals surface area contributed by atoms with Crippen molar-refractivity contribution < 1.29 is 9.59 Å². The molecule has 5 aromatic rings. The minimum absolute atomic E-state index is 0.213. The molecule has 0 spiro atoms. The number of benzene rings is 2. The van der Waals surface area contributed by atoms with E-state index in [2.05, 4.69) is 27.1 Å². The predicted molar refractivity (Wildman–Crippen MR) is 158 cm³/mol. The third-order valence-corrected chi connectivity index (χ3v) is 7.18. The topological polar surface area (TPSA) is 119 Å². The summed E-state index contributed by atoms with van der Waals surface area (Å²) in [5, 5.41) is 2.89. The summed E-state index contributed by atoms with van der Waals surface area (Å²) in [6.45, 7) is 2.27. The molecule has 1 aliphatic rings. The van der Waals surface area contributed by atoms with Crippen molar-refractivity contribution in [3.05, 3.63) is 96.7 Å². The summed E-state index contributed by atoms with van der Waals surface area (Å²) in [7, 11) is 0. The highest BCUT2D eigenvalue weighted by atomic mass is 16.2. The molecule has 9 heteroatoms. The summed E-state index contributed by atoms with van der Waals surface area (Å²) >= 11 is 0. The zero-order valence-corrected chi connectivity index (χ0v) is 22.4. The van der Waals surface area contributed by atoms with E-state index < -0.39 is 0 Å². The summed E-state index contributed by atoms with van der Waals surface area (Å²) in [5.74, 6) is 6.36. The van der Waals surface area contributed by atoms with Gasteiger partial charge in [0.1, 0.15) is 28.7 Å². The Labute approximate surface area is 237 Å². The fourth-order valence-corrected chi connectivity index (χ4v) is 5.26. The van der Waals surface area contributed by atoms with Crippen molar-refractivity contribution >= 4 is 29.0 Å². The second kappa shape index (κ2) is 10.9. The summed E-state index contributed by atoms with van der Waals surface area (Å²) in [6.07, 6.45) is 6.74. The van der Waals surface area contributed by atoms with Crippen LogP contribution in [0.3, 0.4) is 0 Å². The van der Waals surface area contributed by atoms with Crippen LogP contribution in [0.4, 0.5) is 11.6 Å². The highest BCUT2D eigenvalue weighted by Crippen LogP contribution is 2.36. The van der Waals surface area contributed by atoms with E-state index in [4.69, 9.17) is 10.7 Å². The number of fused-ring (bicyclic) bond motifs is 1. The number of hydrogen-bond donors (Lipinski definition) is 2. The lowest BCUT2D eigenvalue weighted by atomic mass is 10.1. The van der Waals surface area contributed by atoms with Crippen LogP contribution < -0.4 is 11.1 Å². The Morgan fingerprint density at radius 1 is 0.976 bits per heavy atom. The summed E-state index contributed by atoms with van der Waals surface area (Å²) in [5.41, 5.74) is 10.9. The number of hydrogen-bond acceptors (Lipinski definition) is 6. The summed E-state index contributed by atoms with van der Waals surface area (Å²) in [6, 6.07) is 20.6. The largest absolute Gasteiger partial charge is 0.382 e. The van der Waals surface area contributed by atoms with Crippen molar-refractivity contribution in [2.75, 3.05) is 17.6 Å². The SMILES string of the molecule is CC#CC(=O)N1CCCC1c1nc(-c2ccc(C(=O)Nc3cc(-c4ccccc4)ccn3)cc2)c2c(N)nccn12. The molecule has 2 amide bonds. The van der Waals surface area contributed by atoms with Crippen LogP contribution in [0, 0.1) is 11.8 Å². The molecule has 3 N–H and O–H groups in total. The van der Waals surface area contributed by atoms with E-state index in [0.29, 0.717) is 40.8 Å². The van der Waals surface area contributed by atoms with Crippen molar-refractivity contribution in [1.29, 1.82) is 0 Å². The van der Waals surface area contributed by atoms with Gasteiger partial charge in [-0.05, 0) is 61.1 Å². The number of carbonyl (C=O) groups is 2. The van der Waals surface area contributed by atoms with Gasteiger partial charge >= 0.3 is 0 Å². The van der Waals surface area contributed by atoms with E-state index in [-0.39, 0.29) is 17.9 Å². The van der Waals surface area contributed by atoms with Gasteiger partial charge in [-0.1, -0.05) is 48.4 Å². The summed E-state index contributed by atoms with van der Waals surface area (Å²) in [4.78, 5) is 41.0. The van der Waals surface area contributed by atoms with E-state index in [1.54, 1.807) is 36.4 Å². The highest BCUT2D eigenvalue weighted by molar-refractivity contribution is 6.04. The number of carbonyl (C=O) groups excluding carboxylic acids is 2. The van der Waals surface area contributed by atoms with Gasteiger partial charge in [-0.3, -0.25) is 14.0 Å². The molecule has 0 radical (unpaired) electrons. The molecule has 202 valence electrons. The van der Waals surface area contributed by atoms with Crippen LogP contribution in [0.25, 0.3) is 27.9 Å². The molecule has 0 bridgehead atoms. The lowest BCUT2D eigenvalue weighted by Crippen LogP contribution is -2.30. The first-order valence-electron chi connectivity index (χ1n) is 13.3. The first kappa shape index (κ1) is 25.8. The molecule has 0 saturated carbocycles. The van der Waals surface area contributed by atoms with E-state index in [1.165, 1.54) is 0 Å². The van der Waals surface area contributed by atoms with Gasteiger partial charge in [-0.2, -0.15) is 0 Å². The van der Waals surface area contributed by atoms with Gasteiger partial charge < -0.3 is 16.0 Å². The van der Waals surface area contributed by atoms with Crippen molar-refractivity contribution in [3.8, 4) is 34.2 Å². The lowest BCUT2D eigenvalue weighted by molar-refractivity contribution is -0.126. The number of nitrogen functional groups attached to an aromatic ring is 1. The molecule has 1 fully saturated rings. The molecule has 2 aromatic carbocycles. The second-order valence-corrected chi connectivity index (χ2v) is 9.71. The van der Waals surface area contributed by atoms with E-state index in [1.807, 2.05) is 65.2 Å². The van der Waals surface area contributed by atoms with Crippen LogP contribution in [-0.4, -0.2) is 42.6 Å². The molecule has 1 aliphatic heterocycles. The molecule has 3 aromatic heterocycles. The minimum Gasteiger partial charge on any atom is -0.382 e. The van der Waals surface area contributed by atoms with Crippen LogP contribution in [-0.2, 0) is 4.79 Å². The Kier molecular flexibility index (Phi) is 6.88. The Hall–Kier alpha value is -5.49. The molecule has 1 atom stereocenters. The van der Waals surface area contributed by atoms with Gasteiger partial charge in [0.2, 0.25) is 0 Å². The van der Waals surface area contributed by atoms with Crippen LogP contribution in [0.5, 0.6) is 0 Å². The monoisotopic (exact) mass is 541 g/mol. The van der Waals surface area contributed by atoms with Crippen molar-refractivity contribution in [3.63, 3.8) is 0 Å². The number of pyridine rings is 1. The molecule has 0 aliphatic carbocycles. The van der Waals surface area contributed by atoms with Gasteiger partial charge in [-0.25, -0.2) is 15.0 Å². The lowest BCUT2D eigenvalue weighted by Gasteiger charge is -2.21. The van der Waals surface area contributed by atoms with Gasteiger partial charge in [0.15, 0.2) is 0 Å². The molecule has 1 saturated heterocycles. The number of nitrogens with one attached hydrogen (secondary N) is 1. The first-order valence-corrected chi connectivity index (χ1v) is 13.3. The zero-order valence-electron chi connectivity index (χ0n) is 22.4. The molecule has 4 heterocycles. The van der Waals surface area contributed by atoms with E-state index >= 15 is 0 Å². The molecular formula is C32H27N7O2. The highest BCUT2D eigenvalue weighted by Gasteiger charge is 2.33. The maximum Gasteiger partial charge on any atom is 0.299 e. The maximum atomic E-state index is 13.1. The normalized spacial score (nSPS) is 14.5.